The summed E-state index contributed by atoms with van der Waals surface area (Å²) in [7, 11) is 0. The van der Waals surface area contributed by atoms with Gasteiger partial charge in [0, 0.05) is 23.1 Å². The molecule has 3 aromatic rings. The van der Waals surface area contributed by atoms with E-state index in [2.05, 4.69) is 4.98 Å². The summed E-state index contributed by atoms with van der Waals surface area (Å²) in [5, 5.41) is 0.661. The van der Waals surface area contributed by atoms with Gasteiger partial charge in [0.25, 0.3) is 0 Å². The highest BCUT2D eigenvalue weighted by atomic mass is 32.2. The second-order valence-electron chi connectivity index (χ2n) is 8.69. The summed E-state index contributed by atoms with van der Waals surface area (Å²) in [6, 6.07) is 17.5. The Kier molecular flexibility index (Phi) is 6.46. The van der Waals surface area contributed by atoms with E-state index in [1.54, 1.807) is 36.0 Å². The maximum absolute atomic E-state index is 15.2. The molecule has 7 heteroatoms. The standard InChI is InChI=1S/C27H24F2N2O2S/c28-23-11-10-19(21-9-5-13-30-26(21)29)14-22(23)27-12-4-8-20(27)17-34-24(31-27)15-25(32)33-16-18-6-2-1-3-7-18/h1-3,5-7,9-11,13-14,20H,4,8,12,15-17H2/t20-,27-/m0/s1. The van der Waals surface area contributed by atoms with Gasteiger partial charge >= 0.3 is 5.97 Å². The Bertz CT molecular complexity index is 1230. The van der Waals surface area contributed by atoms with Crippen molar-refractivity contribution in [1.29, 1.82) is 0 Å². The van der Waals surface area contributed by atoms with Crippen molar-refractivity contribution in [3.8, 4) is 11.1 Å². The van der Waals surface area contributed by atoms with Gasteiger partial charge in [-0.2, -0.15) is 4.39 Å². The third-order valence-electron chi connectivity index (χ3n) is 6.60. The molecule has 0 N–H and O–H groups in total. The molecule has 0 spiro atoms. The van der Waals surface area contributed by atoms with Crippen LogP contribution in [0.2, 0.25) is 0 Å². The maximum Gasteiger partial charge on any atom is 0.312 e. The van der Waals surface area contributed by atoms with E-state index < -0.39 is 11.5 Å². The van der Waals surface area contributed by atoms with E-state index in [4.69, 9.17) is 9.73 Å². The van der Waals surface area contributed by atoms with Crippen LogP contribution >= 0.6 is 11.8 Å². The molecule has 0 bridgehead atoms. The molecule has 4 nitrogen and oxygen atoms in total. The Labute approximate surface area is 201 Å². The number of ether oxygens (including phenoxy) is 1. The van der Waals surface area contributed by atoms with Crippen molar-refractivity contribution in [2.45, 2.75) is 37.8 Å². The summed E-state index contributed by atoms with van der Waals surface area (Å²) in [4.78, 5) is 21.2. The first-order valence-electron chi connectivity index (χ1n) is 11.4. The highest BCUT2D eigenvalue weighted by Crippen LogP contribution is 2.52. The lowest BCUT2D eigenvalue weighted by molar-refractivity contribution is -0.143. The molecule has 174 valence electrons. The largest absolute Gasteiger partial charge is 0.461 e. The molecule has 1 fully saturated rings. The molecule has 2 atom stereocenters. The van der Waals surface area contributed by atoms with E-state index in [1.165, 1.54) is 12.3 Å². The molecule has 34 heavy (non-hydrogen) atoms. The Morgan fingerprint density at radius 3 is 2.79 bits per heavy atom. The van der Waals surface area contributed by atoms with Crippen molar-refractivity contribution in [2.24, 2.45) is 10.9 Å². The van der Waals surface area contributed by atoms with E-state index in [0.29, 0.717) is 28.2 Å². The highest BCUT2D eigenvalue weighted by molar-refractivity contribution is 8.14. The second-order valence-corrected chi connectivity index (χ2v) is 9.78. The van der Waals surface area contributed by atoms with Crippen LogP contribution in [0.4, 0.5) is 8.78 Å². The first-order chi connectivity index (χ1) is 16.5. The van der Waals surface area contributed by atoms with Gasteiger partial charge in [0.15, 0.2) is 0 Å². The molecule has 1 saturated carbocycles. The Balaban J connectivity index is 1.43. The molecule has 2 heterocycles. The number of benzene rings is 2. The quantitative estimate of drug-likeness (QED) is 0.308. The fourth-order valence-corrected chi connectivity index (χ4v) is 6.21. The number of thioether (sulfide) groups is 1. The molecule has 0 unspecified atom stereocenters. The summed E-state index contributed by atoms with van der Waals surface area (Å²) in [5.74, 6) is -0.388. The van der Waals surface area contributed by atoms with Crippen LogP contribution in [0.1, 0.15) is 36.8 Å². The number of rotatable bonds is 6. The fourth-order valence-electron chi connectivity index (χ4n) is 4.92. The summed E-state index contributed by atoms with van der Waals surface area (Å²) >= 11 is 1.55. The van der Waals surface area contributed by atoms with Gasteiger partial charge in [-0.3, -0.25) is 9.79 Å². The SMILES string of the molecule is O=C(CC1=N[C@@]2(c3cc(-c4cccnc4F)ccc3F)CCC[C@H]2CS1)OCc1ccccc1. The number of esters is 1. The van der Waals surface area contributed by atoms with Crippen LogP contribution in [0.25, 0.3) is 11.1 Å². The Morgan fingerprint density at radius 1 is 1.12 bits per heavy atom. The molecule has 0 amide bonds. The van der Waals surface area contributed by atoms with Crippen molar-refractivity contribution in [3.05, 3.63) is 89.8 Å². The third-order valence-corrected chi connectivity index (χ3v) is 7.74. The molecule has 2 aromatic carbocycles. The van der Waals surface area contributed by atoms with Gasteiger partial charge in [0.1, 0.15) is 12.4 Å². The molecular formula is C27H24F2N2O2S. The monoisotopic (exact) mass is 478 g/mol. The minimum absolute atomic E-state index is 0.0600. The summed E-state index contributed by atoms with van der Waals surface area (Å²) in [6.07, 6.45) is 4.00. The summed E-state index contributed by atoms with van der Waals surface area (Å²) in [6.45, 7) is 0.207. The molecular weight excluding hydrogens is 454 g/mol. The molecule has 5 rings (SSSR count). The lowest BCUT2D eigenvalue weighted by atomic mass is 9.80. The normalized spacial score (nSPS) is 21.6. The minimum atomic E-state index is -0.751. The second kappa shape index (κ2) is 9.66. The van der Waals surface area contributed by atoms with Crippen molar-refractivity contribution in [1.82, 2.24) is 4.98 Å². The number of aromatic nitrogens is 1. The van der Waals surface area contributed by atoms with Crippen LogP contribution in [-0.4, -0.2) is 21.7 Å². The van der Waals surface area contributed by atoms with Crippen molar-refractivity contribution in [2.75, 3.05) is 5.75 Å². The van der Waals surface area contributed by atoms with E-state index in [0.717, 1.165) is 24.2 Å². The lowest BCUT2D eigenvalue weighted by Gasteiger charge is -2.37. The van der Waals surface area contributed by atoms with Crippen LogP contribution in [-0.2, 0) is 21.7 Å². The van der Waals surface area contributed by atoms with Gasteiger partial charge < -0.3 is 4.74 Å². The zero-order chi connectivity index (χ0) is 23.5. The Morgan fingerprint density at radius 2 is 1.97 bits per heavy atom. The van der Waals surface area contributed by atoms with Crippen molar-refractivity contribution in [3.63, 3.8) is 0 Å². The fraction of sp³-hybridized carbons (Fsp3) is 0.296. The zero-order valence-electron chi connectivity index (χ0n) is 18.5. The predicted octanol–water partition coefficient (Wildman–Crippen LogP) is 6.30. The molecule has 0 saturated heterocycles. The van der Waals surface area contributed by atoms with Crippen molar-refractivity contribution < 1.29 is 18.3 Å². The van der Waals surface area contributed by atoms with Crippen molar-refractivity contribution >= 4 is 22.8 Å². The first-order valence-corrected chi connectivity index (χ1v) is 12.4. The molecule has 0 radical (unpaired) electrons. The predicted molar refractivity (Wildman–Crippen MR) is 129 cm³/mol. The number of hydrogen-bond acceptors (Lipinski definition) is 5. The third kappa shape index (κ3) is 4.49. The van der Waals surface area contributed by atoms with E-state index >= 15 is 4.39 Å². The summed E-state index contributed by atoms with van der Waals surface area (Å²) in [5.41, 5.74) is 1.53. The van der Waals surface area contributed by atoms with Crippen LogP contribution in [0, 0.1) is 17.7 Å². The van der Waals surface area contributed by atoms with Gasteiger partial charge in [0.05, 0.1) is 17.0 Å². The topological polar surface area (TPSA) is 51.5 Å². The molecule has 1 aromatic heterocycles. The number of carbonyl (C=O) groups excluding carboxylic acids is 1. The van der Waals surface area contributed by atoms with Gasteiger partial charge in [-0.05, 0) is 54.2 Å². The number of hydrogen-bond donors (Lipinski definition) is 0. The first kappa shape index (κ1) is 22.7. The smallest absolute Gasteiger partial charge is 0.312 e. The average Bonchev–Trinajstić information content (AvgIpc) is 3.28. The van der Waals surface area contributed by atoms with Crippen LogP contribution in [0.15, 0.2) is 71.9 Å². The van der Waals surface area contributed by atoms with Gasteiger partial charge in [-0.15, -0.1) is 11.8 Å². The highest BCUT2D eigenvalue weighted by Gasteiger charge is 2.48. The van der Waals surface area contributed by atoms with E-state index in [1.807, 2.05) is 30.3 Å². The lowest BCUT2D eigenvalue weighted by Crippen LogP contribution is -2.36. The van der Waals surface area contributed by atoms with Gasteiger partial charge in [0.2, 0.25) is 5.95 Å². The van der Waals surface area contributed by atoms with Crippen LogP contribution < -0.4 is 0 Å². The van der Waals surface area contributed by atoms with Gasteiger partial charge in [-0.25, -0.2) is 9.37 Å². The van der Waals surface area contributed by atoms with Crippen LogP contribution in [0.5, 0.6) is 0 Å². The maximum atomic E-state index is 15.2. The number of carbonyl (C=O) groups is 1. The number of aliphatic imine (C=N–C) groups is 1. The molecule has 1 aliphatic heterocycles. The number of nitrogens with zero attached hydrogens (tertiary/aromatic N) is 2. The number of fused-ring (bicyclic) bond motifs is 1. The van der Waals surface area contributed by atoms with Crippen LogP contribution in [0.3, 0.4) is 0 Å². The van der Waals surface area contributed by atoms with E-state index in [9.17, 15) is 9.18 Å². The average molecular weight is 479 g/mol. The zero-order valence-corrected chi connectivity index (χ0v) is 19.4. The minimum Gasteiger partial charge on any atom is -0.461 e. The Hall–Kier alpha value is -3.06. The number of pyridine rings is 1. The van der Waals surface area contributed by atoms with E-state index in [-0.39, 0.29) is 30.7 Å². The number of halogens is 2. The van der Waals surface area contributed by atoms with Gasteiger partial charge in [-0.1, -0.05) is 42.8 Å². The molecule has 2 aliphatic rings. The molecule has 1 aliphatic carbocycles. The summed E-state index contributed by atoms with van der Waals surface area (Å²) < 4.78 is 35.0.